The van der Waals surface area contributed by atoms with E-state index in [0.717, 1.165) is 23.5 Å². The number of primary amides is 2. The zero-order valence-corrected chi connectivity index (χ0v) is 8.66. The van der Waals surface area contributed by atoms with Gasteiger partial charge in [0.15, 0.2) is 0 Å². The molecule has 0 bridgehead atoms. The second-order valence-corrected chi connectivity index (χ2v) is 2.67. The van der Waals surface area contributed by atoms with E-state index in [1.165, 1.54) is 0 Å². The molecule has 0 aliphatic rings. The van der Waals surface area contributed by atoms with Gasteiger partial charge in [0.2, 0.25) is 0 Å². The Labute approximate surface area is 84.7 Å². The molecular weight excluding hydrogens is 236 g/mol. The van der Waals surface area contributed by atoms with Gasteiger partial charge < -0.3 is 11.5 Å². The third kappa shape index (κ3) is 39.1. The number of thioether (sulfide) groups is 2. The third-order valence-corrected chi connectivity index (χ3v) is 1.21. The molecule has 4 nitrogen and oxygen atoms in total. The molecule has 0 rings (SSSR count). The van der Waals surface area contributed by atoms with Crippen molar-refractivity contribution in [3.05, 3.63) is 0 Å². The quantitative estimate of drug-likeness (QED) is 0.620. The van der Waals surface area contributed by atoms with Crippen LogP contribution >= 0.6 is 23.5 Å². The average molecular weight is 246 g/mol. The number of hydrogen-bond donors (Lipinski definition) is 2. The summed E-state index contributed by atoms with van der Waals surface area (Å²) in [6.45, 7) is 0. The summed E-state index contributed by atoms with van der Waals surface area (Å²) in [7, 11) is 0. The van der Waals surface area contributed by atoms with Crippen molar-refractivity contribution in [3.63, 3.8) is 0 Å². The normalized spacial score (nSPS) is 6.73. The molecule has 0 fully saturated rings. The van der Waals surface area contributed by atoms with E-state index in [-0.39, 0.29) is 27.5 Å². The van der Waals surface area contributed by atoms with Crippen LogP contribution in [0.3, 0.4) is 0 Å². The van der Waals surface area contributed by atoms with Crippen molar-refractivity contribution in [1.82, 2.24) is 0 Å². The minimum absolute atomic E-state index is 0. The molecular formula is C4H10CuN2O2S2+2. The fraction of sp³-hybridized carbons (Fsp3) is 0.500. The standard InChI is InChI=1S/2C2H5NOS.Cu/c2*1-5-2(3)4;/h2*1H3,(H2,3,4);/q;;+2. The number of nitrogens with two attached hydrogens (primary N) is 2. The van der Waals surface area contributed by atoms with E-state index in [0.29, 0.717) is 0 Å². The maximum absolute atomic E-state index is 9.55. The molecule has 0 aliphatic carbocycles. The smallest absolute Gasteiger partial charge is 0.361 e. The first-order chi connectivity index (χ1) is 4.54. The van der Waals surface area contributed by atoms with Crippen LogP contribution in [0, 0.1) is 0 Å². The van der Waals surface area contributed by atoms with Gasteiger partial charge in [-0.25, -0.2) is 0 Å². The van der Waals surface area contributed by atoms with Gasteiger partial charge in [-0.3, -0.25) is 9.59 Å². The van der Waals surface area contributed by atoms with Gasteiger partial charge in [-0.1, -0.05) is 23.5 Å². The molecule has 11 heavy (non-hydrogen) atoms. The van der Waals surface area contributed by atoms with Gasteiger partial charge in [-0.05, 0) is 12.5 Å². The molecule has 0 atom stereocenters. The minimum Gasteiger partial charge on any atom is -0.361 e. The summed E-state index contributed by atoms with van der Waals surface area (Å²) in [5.74, 6) is 0. The minimum atomic E-state index is -0.329. The Balaban J connectivity index is -0.000000107. The van der Waals surface area contributed by atoms with Crippen LogP contribution in [0.4, 0.5) is 9.59 Å². The first-order valence-electron chi connectivity index (χ1n) is 2.21. The predicted molar refractivity (Wildman–Crippen MR) is 46.2 cm³/mol. The van der Waals surface area contributed by atoms with Crippen molar-refractivity contribution in [2.24, 2.45) is 11.5 Å². The van der Waals surface area contributed by atoms with Crippen LogP contribution in [0.2, 0.25) is 0 Å². The van der Waals surface area contributed by atoms with Crippen molar-refractivity contribution in [3.8, 4) is 0 Å². The van der Waals surface area contributed by atoms with Gasteiger partial charge in [0.05, 0.1) is 0 Å². The first kappa shape index (κ1) is 17.3. The van der Waals surface area contributed by atoms with E-state index in [4.69, 9.17) is 0 Å². The average Bonchev–Trinajstić information content (AvgIpc) is 1.89. The van der Waals surface area contributed by atoms with Gasteiger partial charge in [0.25, 0.3) is 10.5 Å². The molecule has 1 radical (unpaired) electrons. The second-order valence-electron chi connectivity index (χ2n) is 1.05. The molecule has 0 saturated carbocycles. The van der Waals surface area contributed by atoms with Crippen LogP contribution in [0.1, 0.15) is 0 Å². The number of carbonyl (C=O) groups excluding carboxylic acids is 2. The maximum atomic E-state index is 9.55. The van der Waals surface area contributed by atoms with Crippen molar-refractivity contribution in [2.75, 3.05) is 12.5 Å². The number of amides is 2. The Morgan fingerprint density at radius 3 is 1.09 bits per heavy atom. The third-order valence-electron chi connectivity index (χ3n) is 0.402. The fourth-order valence-corrected chi connectivity index (χ4v) is 0. The Kier molecular flexibility index (Phi) is 20.1. The van der Waals surface area contributed by atoms with Gasteiger partial charge in [0.1, 0.15) is 0 Å². The van der Waals surface area contributed by atoms with E-state index < -0.39 is 0 Å². The number of hydrogen-bond acceptors (Lipinski definition) is 4. The number of carbonyl (C=O) groups is 2. The molecule has 0 saturated heterocycles. The van der Waals surface area contributed by atoms with Crippen LogP contribution < -0.4 is 11.5 Å². The maximum Gasteiger partial charge on any atom is 2.00 e. The Morgan fingerprint density at radius 1 is 1.00 bits per heavy atom. The summed E-state index contributed by atoms with van der Waals surface area (Å²) in [5.41, 5.74) is 9.23. The summed E-state index contributed by atoms with van der Waals surface area (Å²) in [6, 6.07) is 0. The summed E-state index contributed by atoms with van der Waals surface area (Å²) in [6.07, 6.45) is 3.28. The molecule has 7 heteroatoms. The van der Waals surface area contributed by atoms with Gasteiger partial charge in [-0.2, -0.15) is 0 Å². The van der Waals surface area contributed by atoms with Gasteiger partial charge >= 0.3 is 17.1 Å². The summed E-state index contributed by atoms with van der Waals surface area (Å²) < 4.78 is 0. The van der Waals surface area contributed by atoms with E-state index in [1.54, 1.807) is 12.5 Å². The van der Waals surface area contributed by atoms with Crippen LogP contribution in [-0.4, -0.2) is 23.0 Å². The fourth-order valence-electron chi connectivity index (χ4n) is 0. The van der Waals surface area contributed by atoms with Crippen LogP contribution in [-0.2, 0) is 17.1 Å². The molecule has 0 spiro atoms. The SMILES string of the molecule is CSC(N)=O.CSC(N)=O.[Cu+2]. The Morgan fingerprint density at radius 2 is 1.09 bits per heavy atom. The van der Waals surface area contributed by atoms with Gasteiger partial charge in [-0.15, -0.1) is 0 Å². The molecule has 4 N–H and O–H groups in total. The van der Waals surface area contributed by atoms with Crippen molar-refractivity contribution < 1.29 is 26.7 Å². The molecule has 69 valence electrons. The number of rotatable bonds is 0. The van der Waals surface area contributed by atoms with E-state index >= 15 is 0 Å². The van der Waals surface area contributed by atoms with E-state index in [1.807, 2.05) is 0 Å². The topological polar surface area (TPSA) is 86.2 Å². The first-order valence-corrected chi connectivity index (χ1v) is 4.66. The Hall–Kier alpha value is 0.159. The molecule has 2 amide bonds. The molecule has 0 aromatic heterocycles. The summed E-state index contributed by atoms with van der Waals surface area (Å²) in [5, 5.41) is -0.657. The molecule has 0 unspecified atom stereocenters. The second kappa shape index (κ2) is 12.8. The van der Waals surface area contributed by atoms with Crippen LogP contribution in [0.25, 0.3) is 0 Å². The van der Waals surface area contributed by atoms with E-state index in [9.17, 15) is 9.59 Å². The zero-order chi connectivity index (χ0) is 8.57. The molecule has 0 heterocycles. The van der Waals surface area contributed by atoms with Crippen molar-refractivity contribution in [1.29, 1.82) is 0 Å². The molecule has 0 aromatic carbocycles. The Bertz CT molecular complexity index is 109. The van der Waals surface area contributed by atoms with Crippen molar-refractivity contribution in [2.45, 2.75) is 0 Å². The molecule has 0 aromatic rings. The summed E-state index contributed by atoms with van der Waals surface area (Å²) >= 11 is 2.04. The largest absolute Gasteiger partial charge is 2.00 e. The predicted octanol–water partition coefficient (Wildman–Crippen LogP) is 0.854. The monoisotopic (exact) mass is 245 g/mol. The summed E-state index contributed by atoms with van der Waals surface area (Å²) in [4.78, 5) is 19.1. The molecule has 0 aliphatic heterocycles. The van der Waals surface area contributed by atoms with Crippen LogP contribution in [0.15, 0.2) is 0 Å². The van der Waals surface area contributed by atoms with E-state index in [2.05, 4.69) is 11.5 Å². The van der Waals surface area contributed by atoms with Crippen LogP contribution in [0.5, 0.6) is 0 Å². The van der Waals surface area contributed by atoms with Crippen molar-refractivity contribution >= 4 is 34.0 Å². The zero-order valence-electron chi connectivity index (χ0n) is 6.09. The van der Waals surface area contributed by atoms with Gasteiger partial charge in [0, 0.05) is 0 Å².